The van der Waals surface area contributed by atoms with Crippen LogP contribution in [0.5, 0.6) is 0 Å². The summed E-state index contributed by atoms with van der Waals surface area (Å²) in [6, 6.07) is 1.06. The van der Waals surface area contributed by atoms with Gasteiger partial charge in [0.15, 0.2) is 0 Å². The quantitative estimate of drug-likeness (QED) is 0.809. The number of halogens is 3. The molecule has 0 aromatic rings. The van der Waals surface area contributed by atoms with E-state index in [1.54, 1.807) is 0 Å². The fourth-order valence-electron chi connectivity index (χ4n) is 3.14. The first kappa shape index (κ1) is 13.1. The molecule has 1 heterocycles. The van der Waals surface area contributed by atoms with Crippen molar-refractivity contribution in [3.63, 3.8) is 0 Å². The fraction of sp³-hybridized carbons (Fsp3) is 1.00. The Kier molecular flexibility index (Phi) is 3.98. The molecule has 1 N–H and O–H groups in total. The maximum atomic E-state index is 12.5. The van der Waals surface area contributed by atoms with Crippen molar-refractivity contribution in [1.82, 2.24) is 10.2 Å². The van der Waals surface area contributed by atoms with Crippen LogP contribution in [0.15, 0.2) is 0 Å². The van der Waals surface area contributed by atoms with E-state index in [4.69, 9.17) is 0 Å². The van der Waals surface area contributed by atoms with E-state index in [0.29, 0.717) is 25.2 Å². The molecule has 0 unspecified atom stereocenters. The van der Waals surface area contributed by atoms with E-state index >= 15 is 0 Å². The Labute approximate surface area is 101 Å². The number of hydrogen-bond acceptors (Lipinski definition) is 2. The van der Waals surface area contributed by atoms with Gasteiger partial charge in [0.2, 0.25) is 0 Å². The minimum absolute atomic E-state index is 0.282. The molecule has 17 heavy (non-hydrogen) atoms. The topological polar surface area (TPSA) is 15.3 Å². The minimum Gasteiger partial charge on any atom is -0.317 e. The van der Waals surface area contributed by atoms with Crippen LogP contribution in [0.25, 0.3) is 0 Å². The van der Waals surface area contributed by atoms with Crippen LogP contribution in [0.1, 0.15) is 32.1 Å². The molecule has 0 bridgehead atoms. The number of piperidine rings is 1. The zero-order valence-electron chi connectivity index (χ0n) is 10.3. The first-order chi connectivity index (χ1) is 8.00. The van der Waals surface area contributed by atoms with Gasteiger partial charge in [0, 0.05) is 12.1 Å². The molecule has 2 rings (SSSR count). The zero-order chi connectivity index (χ0) is 12.5. The lowest BCUT2D eigenvalue weighted by Gasteiger charge is -2.36. The SMILES string of the molecule is CN[C@@H]1CC[C@H](N2CCC(C(F)(F)F)CC2)C1. The van der Waals surface area contributed by atoms with Crippen molar-refractivity contribution in [3.05, 3.63) is 0 Å². The van der Waals surface area contributed by atoms with Gasteiger partial charge < -0.3 is 10.2 Å². The highest BCUT2D eigenvalue weighted by molar-refractivity contribution is 4.89. The molecule has 0 spiro atoms. The number of nitrogens with one attached hydrogen (secondary N) is 1. The molecule has 2 nitrogen and oxygen atoms in total. The fourth-order valence-corrected chi connectivity index (χ4v) is 3.14. The Morgan fingerprint density at radius 1 is 1.06 bits per heavy atom. The van der Waals surface area contributed by atoms with Crippen molar-refractivity contribution < 1.29 is 13.2 Å². The van der Waals surface area contributed by atoms with Crippen LogP contribution < -0.4 is 5.32 Å². The van der Waals surface area contributed by atoms with E-state index in [1.807, 2.05) is 7.05 Å². The van der Waals surface area contributed by atoms with Gasteiger partial charge in [-0.1, -0.05) is 0 Å². The Balaban J connectivity index is 1.80. The van der Waals surface area contributed by atoms with Crippen LogP contribution in [-0.4, -0.2) is 43.3 Å². The maximum absolute atomic E-state index is 12.5. The lowest BCUT2D eigenvalue weighted by atomic mass is 9.95. The van der Waals surface area contributed by atoms with Crippen LogP contribution >= 0.6 is 0 Å². The molecule has 2 fully saturated rings. The van der Waals surface area contributed by atoms with Crippen LogP contribution in [-0.2, 0) is 0 Å². The van der Waals surface area contributed by atoms with Crippen molar-refractivity contribution in [2.45, 2.75) is 50.4 Å². The van der Waals surface area contributed by atoms with E-state index < -0.39 is 12.1 Å². The normalized spacial score (nSPS) is 33.2. The third-order valence-corrected chi connectivity index (χ3v) is 4.32. The number of alkyl halides is 3. The van der Waals surface area contributed by atoms with Crippen LogP contribution in [0.2, 0.25) is 0 Å². The molecule has 0 amide bonds. The largest absolute Gasteiger partial charge is 0.391 e. The van der Waals surface area contributed by atoms with Crippen molar-refractivity contribution in [3.8, 4) is 0 Å². The summed E-state index contributed by atoms with van der Waals surface area (Å²) in [5.41, 5.74) is 0. The van der Waals surface area contributed by atoms with Crippen molar-refractivity contribution in [2.24, 2.45) is 5.92 Å². The Morgan fingerprint density at radius 3 is 2.18 bits per heavy atom. The molecule has 1 aliphatic heterocycles. The molecule has 100 valence electrons. The van der Waals surface area contributed by atoms with Gasteiger partial charge in [-0.25, -0.2) is 0 Å². The third kappa shape index (κ3) is 3.13. The average Bonchev–Trinajstić information content (AvgIpc) is 2.76. The van der Waals surface area contributed by atoms with Gasteiger partial charge in [0.1, 0.15) is 0 Å². The minimum atomic E-state index is -3.99. The molecular weight excluding hydrogens is 229 g/mol. The predicted molar refractivity (Wildman–Crippen MR) is 60.8 cm³/mol. The first-order valence-electron chi connectivity index (χ1n) is 6.48. The van der Waals surface area contributed by atoms with Gasteiger partial charge >= 0.3 is 6.18 Å². The van der Waals surface area contributed by atoms with Gasteiger partial charge in [-0.3, -0.25) is 0 Å². The Morgan fingerprint density at radius 2 is 1.71 bits per heavy atom. The van der Waals surface area contributed by atoms with Crippen LogP contribution in [0, 0.1) is 5.92 Å². The predicted octanol–water partition coefficient (Wildman–Crippen LogP) is 2.40. The second kappa shape index (κ2) is 5.14. The Hall–Kier alpha value is -0.290. The molecule has 2 atom stereocenters. The Bertz CT molecular complexity index is 247. The summed E-state index contributed by atoms with van der Waals surface area (Å²) in [6.07, 6.45) is -0.0561. The number of nitrogens with zero attached hydrogens (tertiary/aromatic N) is 1. The summed E-state index contributed by atoms with van der Waals surface area (Å²) in [6.45, 7) is 1.23. The van der Waals surface area contributed by atoms with Gasteiger partial charge in [0.05, 0.1) is 5.92 Å². The lowest BCUT2D eigenvalue weighted by molar-refractivity contribution is -0.186. The van der Waals surface area contributed by atoms with Crippen LogP contribution in [0.3, 0.4) is 0 Å². The van der Waals surface area contributed by atoms with Crippen molar-refractivity contribution in [2.75, 3.05) is 20.1 Å². The van der Waals surface area contributed by atoms with Crippen molar-refractivity contribution >= 4 is 0 Å². The van der Waals surface area contributed by atoms with E-state index in [9.17, 15) is 13.2 Å². The van der Waals surface area contributed by atoms with Gasteiger partial charge in [-0.2, -0.15) is 13.2 Å². The van der Waals surface area contributed by atoms with Crippen molar-refractivity contribution in [1.29, 1.82) is 0 Å². The summed E-state index contributed by atoms with van der Waals surface area (Å²) in [5, 5.41) is 3.26. The molecule has 1 aliphatic carbocycles. The molecule has 2 aliphatic rings. The molecule has 0 radical (unpaired) electrons. The summed E-state index contributed by atoms with van der Waals surface area (Å²) in [5.74, 6) is -1.07. The maximum Gasteiger partial charge on any atom is 0.391 e. The summed E-state index contributed by atoms with van der Waals surface area (Å²) in [4.78, 5) is 2.26. The third-order valence-electron chi connectivity index (χ3n) is 4.32. The average molecular weight is 250 g/mol. The van der Waals surface area contributed by atoms with E-state index in [-0.39, 0.29) is 12.8 Å². The molecular formula is C12H21F3N2. The van der Waals surface area contributed by atoms with E-state index in [2.05, 4.69) is 10.2 Å². The second-order valence-electron chi connectivity index (χ2n) is 5.30. The van der Waals surface area contributed by atoms with Gasteiger partial charge in [0.25, 0.3) is 0 Å². The summed E-state index contributed by atoms with van der Waals surface area (Å²) >= 11 is 0. The summed E-state index contributed by atoms with van der Waals surface area (Å²) < 4.78 is 37.6. The van der Waals surface area contributed by atoms with E-state index in [1.165, 1.54) is 0 Å². The zero-order valence-corrected chi connectivity index (χ0v) is 10.3. The lowest BCUT2D eigenvalue weighted by Crippen LogP contribution is -2.43. The standard InChI is InChI=1S/C12H21F3N2/c1-16-10-2-3-11(8-10)17-6-4-9(5-7-17)12(13,14)15/h9-11,16H,2-8H2,1H3/t10-,11+/m1/s1. The highest BCUT2D eigenvalue weighted by Crippen LogP contribution is 2.36. The molecule has 0 aromatic carbocycles. The monoisotopic (exact) mass is 250 g/mol. The number of likely N-dealkylation sites (tertiary alicyclic amines) is 1. The molecule has 0 aromatic heterocycles. The first-order valence-corrected chi connectivity index (χ1v) is 6.48. The molecule has 1 saturated carbocycles. The van der Waals surface area contributed by atoms with E-state index in [0.717, 1.165) is 19.3 Å². The highest BCUT2D eigenvalue weighted by Gasteiger charge is 2.42. The van der Waals surface area contributed by atoms with Crippen LogP contribution in [0.4, 0.5) is 13.2 Å². The summed E-state index contributed by atoms with van der Waals surface area (Å²) in [7, 11) is 1.96. The molecule has 1 saturated heterocycles. The number of hydrogen-bond donors (Lipinski definition) is 1. The number of rotatable bonds is 2. The van der Waals surface area contributed by atoms with Gasteiger partial charge in [-0.15, -0.1) is 0 Å². The molecule has 5 heteroatoms. The van der Waals surface area contributed by atoms with Gasteiger partial charge in [-0.05, 0) is 52.2 Å². The highest BCUT2D eigenvalue weighted by atomic mass is 19.4. The smallest absolute Gasteiger partial charge is 0.317 e. The second-order valence-corrected chi connectivity index (χ2v) is 5.30.